The number of carbonyl (C=O) groups is 3. The molecule has 1 aromatic rings. The first kappa shape index (κ1) is 13.5. The smallest absolute Gasteiger partial charge is 0.251 e. The zero-order chi connectivity index (χ0) is 14.8. The number of piperidine rings is 1. The summed E-state index contributed by atoms with van der Waals surface area (Å²) in [5.74, 6) is -0.380. The maximum Gasteiger partial charge on any atom is 0.251 e. The van der Waals surface area contributed by atoms with Crippen molar-refractivity contribution in [3.05, 3.63) is 30.1 Å². The molecule has 0 bridgehead atoms. The number of rotatable bonds is 2. The number of fused-ring (bicyclic) bond motifs is 1. The van der Waals surface area contributed by atoms with Gasteiger partial charge in [-0.1, -0.05) is 0 Å². The number of nitrogens with zero attached hydrogens (tertiary/aromatic N) is 2. The van der Waals surface area contributed by atoms with E-state index in [2.05, 4.69) is 15.6 Å². The summed E-state index contributed by atoms with van der Waals surface area (Å²) in [6.45, 7) is 0.571. The van der Waals surface area contributed by atoms with Gasteiger partial charge in [-0.25, -0.2) is 0 Å². The van der Waals surface area contributed by atoms with Crippen molar-refractivity contribution < 1.29 is 14.4 Å². The molecule has 2 aliphatic heterocycles. The lowest BCUT2D eigenvalue weighted by Crippen LogP contribution is -2.63. The van der Waals surface area contributed by atoms with Gasteiger partial charge in [0.25, 0.3) is 5.91 Å². The molecule has 0 saturated carbocycles. The second-order valence-corrected chi connectivity index (χ2v) is 5.25. The van der Waals surface area contributed by atoms with Crippen molar-refractivity contribution >= 4 is 17.7 Å². The van der Waals surface area contributed by atoms with E-state index >= 15 is 0 Å². The molecule has 3 heterocycles. The molecule has 0 radical (unpaired) electrons. The summed E-state index contributed by atoms with van der Waals surface area (Å²) < 4.78 is 0. The predicted molar refractivity (Wildman–Crippen MR) is 73.2 cm³/mol. The van der Waals surface area contributed by atoms with Crippen molar-refractivity contribution in [2.45, 2.75) is 24.9 Å². The number of carbonyl (C=O) groups excluding carboxylic acids is 3. The number of aromatic nitrogens is 1. The molecule has 2 fully saturated rings. The zero-order valence-electron chi connectivity index (χ0n) is 11.4. The molecular weight excluding hydrogens is 272 g/mol. The third-order valence-electron chi connectivity index (χ3n) is 3.92. The highest BCUT2D eigenvalue weighted by Crippen LogP contribution is 2.20. The molecule has 7 nitrogen and oxygen atoms in total. The fraction of sp³-hybridized carbons (Fsp3) is 0.429. The minimum absolute atomic E-state index is 0.0569. The van der Waals surface area contributed by atoms with E-state index in [0.717, 1.165) is 0 Å². The molecule has 2 N–H and O–H groups in total. The Balaban J connectivity index is 1.65. The van der Waals surface area contributed by atoms with Gasteiger partial charge in [0.15, 0.2) is 0 Å². The van der Waals surface area contributed by atoms with E-state index in [1.807, 2.05) is 0 Å². The Hall–Kier alpha value is -2.44. The second-order valence-electron chi connectivity index (χ2n) is 5.25. The molecule has 0 aliphatic carbocycles. The lowest BCUT2D eigenvalue weighted by atomic mass is 9.94. The van der Waals surface area contributed by atoms with Gasteiger partial charge in [-0.05, 0) is 25.0 Å². The summed E-state index contributed by atoms with van der Waals surface area (Å²) in [7, 11) is 0. The van der Waals surface area contributed by atoms with Crippen LogP contribution in [-0.2, 0) is 9.59 Å². The maximum atomic E-state index is 12.1. The lowest BCUT2D eigenvalue weighted by molar-refractivity contribution is -0.147. The van der Waals surface area contributed by atoms with Crippen LogP contribution in [0.4, 0.5) is 0 Å². The van der Waals surface area contributed by atoms with Crippen LogP contribution in [0.5, 0.6) is 0 Å². The molecule has 7 heteroatoms. The van der Waals surface area contributed by atoms with Gasteiger partial charge in [-0.15, -0.1) is 0 Å². The van der Waals surface area contributed by atoms with Crippen LogP contribution in [-0.4, -0.2) is 52.8 Å². The van der Waals surface area contributed by atoms with Gasteiger partial charge in [0.1, 0.15) is 6.04 Å². The zero-order valence-corrected chi connectivity index (χ0v) is 11.4. The first-order valence-corrected chi connectivity index (χ1v) is 6.93. The van der Waals surface area contributed by atoms with E-state index in [1.165, 1.54) is 0 Å². The average molecular weight is 288 g/mol. The van der Waals surface area contributed by atoms with Crippen molar-refractivity contribution in [2.75, 3.05) is 13.1 Å². The van der Waals surface area contributed by atoms with Crippen molar-refractivity contribution in [1.29, 1.82) is 0 Å². The van der Waals surface area contributed by atoms with E-state index in [9.17, 15) is 14.4 Å². The summed E-state index contributed by atoms with van der Waals surface area (Å²) in [6.07, 6.45) is 4.23. The van der Waals surface area contributed by atoms with Crippen LogP contribution >= 0.6 is 0 Å². The van der Waals surface area contributed by atoms with Crippen LogP contribution in [0.15, 0.2) is 24.5 Å². The molecule has 0 aromatic carbocycles. The average Bonchev–Trinajstić information content (AvgIpc) is 2.52. The Morgan fingerprint density at radius 3 is 2.86 bits per heavy atom. The maximum absolute atomic E-state index is 12.1. The van der Waals surface area contributed by atoms with Gasteiger partial charge in [0, 0.05) is 30.5 Å². The molecule has 0 spiro atoms. The van der Waals surface area contributed by atoms with Crippen LogP contribution in [0.3, 0.4) is 0 Å². The van der Waals surface area contributed by atoms with Crippen molar-refractivity contribution in [2.24, 2.45) is 0 Å². The number of hydrogen-bond donors (Lipinski definition) is 2. The van der Waals surface area contributed by atoms with Gasteiger partial charge >= 0.3 is 0 Å². The molecule has 110 valence electrons. The van der Waals surface area contributed by atoms with E-state index in [4.69, 9.17) is 0 Å². The number of amides is 3. The highest BCUT2D eigenvalue weighted by molar-refractivity contribution is 5.96. The summed E-state index contributed by atoms with van der Waals surface area (Å²) in [4.78, 5) is 41.2. The molecule has 2 unspecified atom stereocenters. The first-order valence-electron chi connectivity index (χ1n) is 6.93. The van der Waals surface area contributed by atoms with Gasteiger partial charge in [0.2, 0.25) is 11.8 Å². The standard InChI is InChI=1S/C14H16N4O3/c19-12-8-16-14(21)11-7-10(3-6-18(11)12)17-13(20)9-1-4-15-5-2-9/h1-2,4-5,10-11H,3,6-8H2,(H,16,21)(H,17,20). The highest BCUT2D eigenvalue weighted by Gasteiger charge is 2.39. The quantitative estimate of drug-likeness (QED) is 0.753. The molecule has 2 aliphatic rings. The molecule has 1 aromatic heterocycles. The Morgan fingerprint density at radius 1 is 1.33 bits per heavy atom. The Labute approximate surface area is 121 Å². The minimum Gasteiger partial charge on any atom is -0.349 e. The largest absolute Gasteiger partial charge is 0.349 e. The van der Waals surface area contributed by atoms with Gasteiger partial charge < -0.3 is 15.5 Å². The number of hydrogen-bond acceptors (Lipinski definition) is 4. The van der Waals surface area contributed by atoms with E-state index < -0.39 is 6.04 Å². The summed E-state index contributed by atoms with van der Waals surface area (Å²) >= 11 is 0. The Bertz CT molecular complexity index is 575. The lowest BCUT2D eigenvalue weighted by Gasteiger charge is -2.41. The third kappa shape index (κ3) is 2.72. The fourth-order valence-corrected chi connectivity index (χ4v) is 2.80. The summed E-state index contributed by atoms with van der Waals surface area (Å²) in [5.41, 5.74) is 0.539. The normalized spacial score (nSPS) is 25.0. The van der Waals surface area contributed by atoms with Crippen LogP contribution in [0.2, 0.25) is 0 Å². The molecule has 3 rings (SSSR count). The van der Waals surface area contributed by atoms with Crippen molar-refractivity contribution in [1.82, 2.24) is 20.5 Å². The highest BCUT2D eigenvalue weighted by atomic mass is 16.2. The Kier molecular flexibility index (Phi) is 3.55. The van der Waals surface area contributed by atoms with Crippen LogP contribution in [0.25, 0.3) is 0 Å². The van der Waals surface area contributed by atoms with Crippen LogP contribution < -0.4 is 10.6 Å². The Morgan fingerprint density at radius 2 is 2.10 bits per heavy atom. The van der Waals surface area contributed by atoms with E-state index in [1.54, 1.807) is 29.4 Å². The van der Waals surface area contributed by atoms with Crippen LogP contribution in [0.1, 0.15) is 23.2 Å². The SMILES string of the molecule is O=C(NC1CCN2C(=O)CNC(=O)C2C1)c1ccncc1. The molecular formula is C14H16N4O3. The number of pyridine rings is 1. The fourth-order valence-electron chi connectivity index (χ4n) is 2.80. The van der Waals surface area contributed by atoms with Gasteiger partial charge in [0.05, 0.1) is 6.54 Å². The van der Waals surface area contributed by atoms with Gasteiger partial charge in [-0.2, -0.15) is 0 Å². The van der Waals surface area contributed by atoms with Gasteiger partial charge in [-0.3, -0.25) is 19.4 Å². The molecule has 21 heavy (non-hydrogen) atoms. The monoisotopic (exact) mass is 288 g/mol. The van der Waals surface area contributed by atoms with E-state index in [0.29, 0.717) is 24.9 Å². The second kappa shape index (κ2) is 5.51. The van der Waals surface area contributed by atoms with Crippen molar-refractivity contribution in [3.8, 4) is 0 Å². The summed E-state index contributed by atoms with van der Waals surface area (Å²) in [6, 6.07) is 2.70. The first-order chi connectivity index (χ1) is 10.1. The number of nitrogens with one attached hydrogen (secondary N) is 2. The predicted octanol–water partition coefficient (Wildman–Crippen LogP) is -0.699. The topological polar surface area (TPSA) is 91.4 Å². The summed E-state index contributed by atoms with van der Waals surface area (Å²) in [5, 5.41) is 5.50. The van der Waals surface area contributed by atoms with Crippen LogP contribution in [0, 0.1) is 0 Å². The van der Waals surface area contributed by atoms with E-state index in [-0.39, 0.29) is 30.3 Å². The number of piperazine rings is 1. The van der Waals surface area contributed by atoms with Crippen molar-refractivity contribution in [3.63, 3.8) is 0 Å². The third-order valence-corrected chi connectivity index (χ3v) is 3.92. The minimum atomic E-state index is -0.470. The molecule has 3 amide bonds. The molecule has 2 saturated heterocycles. The molecule has 2 atom stereocenters.